The molecule has 0 saturated carbocycles. The molecule has 2 aliphatic rings. The van der Waals surface area contributed by atoms with Gasteiger partial charge in [-0.25, -0.2) is 13.2 Å². The number of aryl methyl sites for hydroxylation is 1. The molecule has 0 bridgehead atoms. The molecule has 2 aliphatic heterocycles. The van der Waals surface area contributed by atoms with Gasteiger partial charge in [0.2, 0.25) is 15.9 Å². The summed E-state index contributed by atoms with van der Waals surface area (Å²) in [6.07, 6.45) is 1.02. The van der Waals surface area contributed by atoms with Crippen molar-refractivity contribution >= 4 is 27.9 Å². The van der Waals surface area contributed by atoms with Crippen molar-refractivity contribution in [2.75, 3.05) is 13.1 Å². The van der Waals surface area contributed by atoms with Crippen molar-refractivity contribution in [2.45, 2.75) is 50.5 Å². The highest BCUT2D eigenvalue weighted by molar-refractivity contribution is 7.89. The first-order valence-corrected chi connectivity index (χ1v) is 11.1. The van der Waals surface area contributed by atoms with Crippen LogP contribution in [0.25, 0.3) is 0 Å². The summed E-state index contributed by atoms with van der Waals surface area (Å²) in [6, 6.07) is 5.98. The molecule has 2 N–H and O–H groups in total. The number of hydrazine groups is 1. The number of urea groups is 1. The maximum Gasteiger partial charge on any atom is 0.344 e. The minimum atomic E-state index is -3.61. The molecule has 4 amide bonds. The Hall–Kier alpha value is -2.46. The zero-order chi connectivity index (χ0) is 21.4. The van der Waals surface area contributed by atoms with E-state index >= 15 is 0 Å². The number of carbonyl (C=O) groups is 3. The van der Waals surface area contributed by atoms with Gasteiger partial charge in [0.15, 0.2) is 0 Å². The first kappa shape index (κ1) is 21.3. The van der Waals surface area contributed by atoms with Gasteiger partial charge in [0.05, 0.1) is 4.90 Å². The number of hydrogen-bond donors (Lipinski definition) is 2. The summed E-state index contributed by atoms with van der Waals surface area (Å²) in [5, 5.41) is 3.30. The Morgan fingerprint density at radius 2 is 1.79 bits per heavy atom. The highest BCUT2D eigenvalue weighted by Crippen LogP contribution is 2.25. The Labute approximate surface area is 170 Å². The molecule has 1 atom stereocenters. The van der Waals surface area contributed by atoms with Crippen LogP contribution in [0.1, 0.15) is 38.7 Å². The van der Waals surface area contributed by atoms with Crippen molar-refractivity contribution < 1.29 is 22.8 Å². The SMILES string of the molecule is CCC1(C)NC(=O)N(NC(=O)C2CCN(S(=O)(=O)c3ccc(C)cc3)CC2)C1=O. The molecule has 0 aliphatic carbocycles. The van der Waals surface area contributed by atoms with E-state index in [1.165, 1.54) is 4.31 Å². The van der Waals surface area contributed by atoms with Crippen molar-refractivity contribution in [1.29, 1.82) is 0 Å². The van der Waals surface area contributed by atoms with Gasteiger partial charge in [-0.15, -0.1) is 0 Å². The molecular formula is C19H26N4O5S. The number of nitrogens with zero attached hydrogens (tertiary/aromatic N) is 2. The summed E-state index contributed by atoms with van der Waals surface area (Å²) >= 11 is 0. The normalized spacial score (nSPS) is 23.9. The van der Waals surface area contributed by atoms with Gasteiger partial charge >= 0.3 is 6.03 Å². The summed E-state index contributed by atoms with van der Waals surface area (Å²) in [4.78, 5) is 37.2. The lowest BCUT2D eigenvalue weighted by atomic mass is 9.97. The summed E-state index contributed by atoms with van der Waals surface area (Å²) in [5.74, 6) is -1.44. The molecule has 3 rings (SSSR count). The molecule has 1 unspecified atom stereocenters. The average Bonchev–Trinajstić information content (AvgIpc) is 2.92. The van der Waals surface area contributed by atoms with Gasteiger partial charge in [0, 0.05) is 19.0 Å². The Morgan fingerprint density at radius 1 is 1.21 bits per heavy atom. The second kappa shape index (κ2) is 7.75. The van der Waals surface area contributed by atoms with Crippen LogP contribution in [0.4, 0.5) is 4.79 Å². The molecule has 2 heterocycles. The fourth-order valence-electron chi connectivity index (χ4n) is 3.44. The second-order valence-electron chi connectivity index (χ2n) is 7.72. The van der Waals surface area contributed by atoms with E-state index in [9.17, 15) is 22.8 Å². The number of imide groups is 1. The Bertz CT molecular complexity index is 922. The monoisotopic (exact) mass is 422 g/mol. The number of amides is 4. The van der Waals surface area contributed by atoms with Crippen molar-refractivity contribution in [1.82, 2.24) is 20.1 Å². The minimum Gasteiger partial charge on any atom is -0.322 e. The number of sulfonamides is 1. The topological polar surface area (TPSA) is 116 Å². The third-order valence-corrected chi connectivity index (χ3v) is 7.59. The van der Waals surface area contributed by atoms with E-state index in [0.29, 0.717) is 19.3 Å². The van der Waals surface area contributed by atoms with E-state index in [2.05, 4.69) is 10.7 Å². The summed E-state index contributed by atoms with van der Waals surface area (Å²) in [7, 11) is -3.61. The molecule has 29 heavy (non-hydrogen) atoms. The van der Waals surface area contributed by atoms with Crippen LogP contribution < -0.4 is 10.7 Å². The third-order valence-electron chi connectivity index (χ3n) is 5.67. The van der Waals surface area contributed by atoms with E-state index in [4.69, 9.17) is 0 Å². The van der Waals surface area contributed by atoms with Crippen LogP contribution in [0, 0.1) is 12.8 Å². The fraction of sp³-hybridized carbons (Fsp3) is 0.526. The standard InChI is InChI=1S/C19H26N4O5S/c1-4-19(3)17(25)23(18(26)20-19)21-16(24)14-9-11-22(12-10-14)29(27,28)15-7-5-13(2)6-8-15/h5-8,14H,4,9-12H2,1-3H3,(H,20,26)(H,21,24). The van der Waals surface area contributed by atoms with Crippen molar-refractivity contribution in [3.63, 3.8) is 0 Å². The van der Waals surface area contributed by atoms with Crippen LogP contribution >= 0.6 is 0 Å². The zero-order valence-electron chi connectivity index (χ0n) is 16.8. The molecule has 9 nitrogen and oxygen atoms in total. The van der Waals surface area contributed by atoms with Gasteiger partial charge in [-0.05, 0) is 45.2 Å². The van der Waals surface area contributed by atoms with Crippen LogP contribution in [0.3, 0.4) is 0 Å². The number of nitrogens with one attached hydrogen (secondary N) is 2. The van der Waals surface area contributed by atoms with E-state index in [-0.39, 0.29) is 18.0 Å². The molecular weight excluding hydrogens is 396 g/mol. The lowest BCUT2D eigenvalue weighted by Crippen LogP contribution is -2.51. The van der Waals surface area contributed by atoms with Crippen molar-refractivity contribution in [3.05, 3.63) is 29.8 Å². The van der Waals surface area contributed by atoms with Gasteiger partial charge in [-0.2, -0.15) is 9.31 Å². The largest absolute Gasteiger partial charge is 0.344 e. The molecule has 10 heteroatoms. The van der Waals surface area contributed by atoms with Crippen molar-refractivity contribution in [3.8, 4) is 0 Å². The van der Waals surface area contributed by atoms with Gasteiger partial charge in [0.1, 0.15) is 5.54 Å². The molecule has 1 aromatic carbocycles. The van der Waals surface area contributed by atoms with Gasteiger partial charge in [-0.1, -0.05) is 24.6 Å². The van der Waals surface area contributed by atoms with Crippen LogP contribution in [0.2, 0.25) is 0 Å². The molecule has 2 saturated heterocycles. The van der Waals surface area contributed by atoms with Crippen molar-refractivity contribution in [2.24, 2.45) is 5.92 Å². The number of piperidine rings is 1. The van der Waals surface area contributed by atoms with Crippen LogP contribution in [0.15, 0.2) is 29.2 Å². The van der Waals surface area contributed by atoms with Gasteiger partial charge in [0.25, 0.3) is 5.91 Å². The predicted molar refractivity (Wildman–Crippen MR) is 105 cm³/mol. The summed E-state index contributed by atoms with van der Waals surface area (Å²) in [5.41, 5.74) is 2.33. The van der Waals surface area contributed by atoms with Gasteiger partial charge in [-0.3, -0.25) is 15.0 Å². The zero-order valence-corrected chi connectivity index (χ0v) is 17.6. The molecule has 158 valence electrons. The molecule has 1 aromatic rings. The third kappa shape index (κ3) is 3.99. The number of hydrogen-bond acceptors (Lipinski definition) is 5. The quantitative estimate of drug-likeness (QED) is 0.691. The number of rotatable bonds is 5. The van der Waals surface area contributed by atoms with E-state index in [1.807, 2.05) is 6.92 Å². The van der Waals surface area contributed by atoms with Crippen LogP contribution in [-0.2, 0) is 19.6 Å². The fourth-order valence-corrected chi connectivity index (χ4v) is 4.91. The molecule has 0 spiro atoms. The summed E-state index contributed by atoms with van der Waals surface area (Å²) < 4.78 is 26.9. The van der Waals surface area contributed by atoms with Crippen LogP contribution in [-0.4, -0.2) is 54.2 Å². The smallest absolute Gasteiger partial charge is 0.322 e. The average molecular weight is 423 g/mol. The Balaban J connectivity index is 1.61. The molecule has 0 aromatic heterocycles. The lowest BCUT2D eigenvalue weighted by molar-refractivity contribution is -0.140. The minimum absolute atomic E-state index is 0.196. The first-order valence-electron chi connectivity index (χ1n) is 9.62. The van der Waals surface area contributed by atoms with E-state index in [1.54, 1.807) is 38.1 Å². The highest BCUT2D eigenvalue weighted by atomic mass is 32.2. The Morgan fingerprint density at radius 3 is 2.31 bits per heavy atom. The van der Waals surface area contributed by atoms with Crippen LogP contribution in [0.5, 0.6) is 0 Å². The lowest BCUT2D eigenvalue weighted by Gasteiger charge is -2.31. The maximum atomic E-state index is 12.8. The van der Waals surface area contributed by atoms with Gasteiger partial charge < -0.3 is 5.32 Å². The highest BCUT2D eigenvalue weighted by Gasteiger charge is 2.48. The summed E-state index contributed by atoms with van der Waals surface area (Å²) in [6.45, 7) is 5.65. The maximum absolute atomic E-state index is 12.8. The second-order valence-corrected chi connectivity index (χ2v) is 9.66. The number of benzene rings is 1. The predicted octanol–water partition coefficient (Wildman–Crippen LogP) is 1.15. The Kier molecular flexibility index (Phi) is 5.68. The first-order chi connectivity index (χ1) is 13.6. The molecule has 0 radical (unpaired) electrons. The van der Waals surface area contributed by atoms with E-state index in [0.717, 1.165) is 10.6 Å². The molecule has 2 fully saturated rings. The number of carbonyl (C=O) groups excluding carboxylic acids is 3. The van der Waals surface area contributed by atoms with E-state index < -0.39 is 39.3 Å².